The van der Waals surface area contributed by atoms with Gasteiger partial charge in [0.1, 0.15) is 0 Å². The number of carbonyl (C=O) groups excluding carboxylic acids is 1. The highest BCUT2D eigenvalue weighted by Crippen LogP contribution is 2.28. The molecule has 0 aliphatic rings. The van der Waals surface area contributed by atoms with Gasteiger partial charge in [0.15, 0.2) is 11.5 Å². The van der Waals surface area contributed by atoms with E-state index in [1.165, 1.54) is 19.1 Å². The molecule has 0 radical (unpaired) electrons. The van der Waals surface area contributed by atoms with Crippen molar-refractivity contribution in [2.24, 2.45) is 0 Å². The molecule has 0 bridgehead atoms. The largest absolute Gasteiger partial charge is 0.493 e. The molecule has 6 heteroatoms. The van der Waals surface area contributed by atoms with Crippen molar-refractivity contribution in [3.63, 3.8) is 0 Å². The van der Waals surface area contributed by atoms with E-state index in [2.05, 4.69) is 0 Å². The van der Waals surface area contributed by atoms with E-state index in [-0.39, 0.29) is 19.1 Å². The Morgan fingerprint density at radius 1 is 1.33 bits per heavy atom. The predicted octanol–water partition coefficient (Wildman–Crippen LogP) is 1.17. The molecule has 0 heterocycles. The van der Waals surface area contributed by atoms with Crippen LogP contribution in [0.25, 0.3) is 0 Å². The first-order chi connectivity index (χ1) is 10.0. The van der Waals surface area contributed by atoms with Crippen molar-refractivity contribution in [2.75, 3.05) is 41.0 Å². The number of hydrogen-bond acceptors (Lipinski definition) is 5. The van der Waals surface area contributed by atoms with Gasteiger partial charge >= 0.3 is 0 Å². The van der Waals surface area contributed by atoms with Crippen molar-refractivity contribution in [3.8, 4) is 11.5 Å². The summed E-state index contributed by atoms with van der Waals surface area (Å²) in [5.74, 6) is 0.902. The summed E-state index contributed by atoms with van der Waals surface area (Å²) in [5, 5.41) is 9.67. The van der Waals surface area contributed by atoms with Crippen molar-refractivity contribution in [1.29, 1.82) is 0 Å². The zero-order valence-corrected chi connectivity index (χ0v) is 13.0. The number of ether oxygens (including phenoxy) is 3. The van der Waals surface area contributed by atoms with Crippen LogP contribution in [-0.2, 0) is 4.74 Å². The molecular weight excluding hydrogens is 274 g/mol. The van der Waals surface area contributed by atoms with Crippen molar-refractivity contribution in [2.45, 2.75) is 13.0 Å². The number of aliphatic hydroxyl groups excluding tert-OH is 1. The van der Waals surface area contributed by atoms with Crippen LogP contribution in [-0.4, -0.2) is 63.0 Å². The third-order valence-corrected chi connectivity index (χ3v) is 2.90. The smallest absolute Gasteiger partial charge is 0.253 e. The van der Waals surface area contributed by atoms with Gasteiger partial charge in [-0.1, -0.05) is 0 Å². The number of nitrogens with zero attached hydrogens (tertiary/aromatic N) is 1. The zero-order chi connectivity index (χ0) is 15.8. The highest BCUT2D eigenvalue weighted by atomic mass is 16.5. The first-order valence-corrected chi connectivity index (χ1v) is 6.76. The van der Waals surface area contributed by atoms with Crippen molar-refractivity contribution < 1.29 is 24.1 Å². The van der Waals surface area contributed by atoms with E-state index in [4.69, 9.17) is 14.2 Å². The fraction of sp³-hybridized carbons (Fsp3) is 0.533. The molecule has 1 unspecified atom stereocenters. The summed E-state index contributed by atoms with van der Waals surface area (Å²) in [7, 11) is 4.66. The highest BCUT2D eigenvalue weighted by molar-refractivity contribution is 5.94. The maximum atomic E-state index is 12.3. The van der Waals surface area contributed by atoms with Crippen molar-refractivity contribution in [1.82, 2.24) is 4.90 Å². The lowest BCUT2D eigenvalue weighted by molar-refractivity contribution is 0.0380. The fourth-order valence-electron chi connectivity index (χ4n) is 1.94. The van der Waals surface area contributed by atoms with Crippen molar-refractivity contribution in [3.05, 3.63) is 23.8 Å². The first-order valence-electron chi connectivity index (χ1n) is 6.76. The van der Waals surface area contributed by atoms with Crippen LogP contribution in [0, 0.1) is 0 Å². The number of amides is 1. The summed E-state index contributed by atoms with van der Waals surface area (Å²) in [4.78, 5) is 13.7. The van der Waals surface area contributed by atoms with E-state index in [0.29, 0.717) is 23.7 Å². The Morgan fingerprint density at radius 3 is 2.62 bits per heavy atom. The maximum absolute atomic E-state index is 12.3. The minimum absolute atomic E-state index is 0.185. The fourth-order valence-corrected chi connectivity index (χ4v) is 1.94. The Bertz CT molecular complexity index is 463. The lowest BCUT2D eigenvalue weighted by Gasteiger charge is -2.21. The van der Waals surface area contributed by atoms with Crippen LogP contribution < -0.4 is 9.47 Å². The predicted molar refractivity (Wildman–Crippen MR) is 79.0 cm³/mol. The summed E-state index contributed by atoms with van der Waals surface area (Å²) < 4.78 is 15.5. The molecule has 0 saturated heterocycles. The molecule has 1 amide bonds. The average molecular weight is 297 g/mol. The normalized spacial score (nSPS) is 11.9. The summed E-state index contributed by atoms with van der Waals surface area (Å²) in [6, 6.07) is 5.01. The molecule has 21 heavy (non-hydrogen) atoms. The lowest BCUT2D eigenvalue weighted by Crippen LogP contribution is -2.36. The monoisotopic (exact) mass is 297 g/mol. The Kier molecular flexibility index (Phi) is 6.98. The van der Waals surface area contributed by atoms with E-state index >= 15 is 0 Å². The number of hydrogen-bond donors (Lipinski definition) is 1. The van der Waals surface area contributed by atoms with Gasteiger partial charge < -0.3 is 24.2 Å². The first kappa shape index (κ1) is 17.3. The van der Waals surface area contributed by atoms with Crippen LogP contribution in [0.5, 0.6) is 11.5 Å². The average Bonchev–Trinajstić information content (AvgIpc) is 2.47. The van der Waals surface area contributed by atoms with Crippen LogP contribution in [0.15, 0.2) is 18.2 Å². The minimum atomic E-state index is -0.714. The van der Waals surface area contributed by atoms with Gasteiger partial charge in [-0.15, -0.1) is 0 Å². The van der Waals surface area contributed by atoms with Gasteiger partial charge in [-0.25, -0.2) is 0 Å². The van der Waals surface area contributed by atoms with E-state index in [9.17, 15) is 9.90 Å². The van der Waals surface area contributed by atoms with E-state index in [0.717, 1.165) is 0 Å². The van der Waals surface area contributed by atoms with Gasteiger partial charge in [-0.2, -0.15) is 0 Å². The van der Waals surface area contributed by atoms with Crippen LogP contribution in [0.3, 0.4) is 0 Å². The van der Waals surface area contributed by atoms with Gasteiger partial charge in [0.05, 0.1) is 26.4 Å². The standard InChI is InChI=1S/C15H23NO5/c1-5-21-13-7-6-11(8-14(13)20-4)15(18)16(2)9-12(17)10-19-3/h6-8,12,17H,5,9-10H2,1-4H3. The van der Waals surface area contributed by atoms with E-state index in [1.54, 1.807) is 25.2 Å². The second kappa shape index (κ2) is 8.49. The van der Waals surface area contributed by atoms with Crippen LogP contribution in [0.4, 0.5) is 0 Å². The number of methoxy groups -OCH3 is 2. The molecule has 118 valence electrons. The molecular formula is C15H23NO5. The third kappa shape index (κ3) is 4.91. The Labute approximate surface area is 125 Å². The lowest BCUT2D eigenvalue weighted by atomic mass is 10.1. The number of rotatable bonds is 8. The van der Waals surface area contributed by atoms with Gasteiger partial charge in [0.25, 0.3) is 5.91 Å². The molecule has 0 aromatic heterocycles. The highest BCUT2D eigenvalue weighted by Gasteiger charge is 2.17. The Morgan fingerprint density at radius 2 is 2.05 bits per heavy atom. The molecule has 1 aromatic carbocycles. The molecule has 0 saturated carbocycles. The summed E-state index contributed by atoms with van der Waals surface area (Å²) in [5.41, 5.74) is 0.474. The van der Waals surface area contributed by atoms with Crippen LogP contribution >= 0.6 is 0 Å². The maximum Gasteiger partial charge on any atom is 0.253 e. The molecule has 6 nitrogen and oxygen atoms in total. The summed E-state index contributed by atoms with van der Waals surface area (Å²) >= 11 is 0. The second-order valence-corrected chi connectivity index (χ2v) is 4.59. The molecule has 0 fully saturated rings. The van der Waals surface area contributed by atoms with E-state index in [1.807, 2.05) is 6.92 Å². The van der Waals surface area contributed by atoms with Gasteiger partial charge in [-0.05, 0) is 25.1 Å². The molecule has 0 aliphatic carbocycles. The zero-order valence-electron chi connectivity index (χ0n) is 13.0. The van der Waals surface area contributed by atoms with Crippen molar-refractivity contribution >= 4 is 5.91 Å². The third-order valence-electron chi connectivity index (χ3n) is 2.90. The molecule has 1 N–H and O–H groups in total. The van der Waals surface area contributed by atoms with Gasteiger partial charge in [-0.3, -0.25) is 4.79 Å². The molecule has 1 rings (SSSR count). The second-order valence-electron chi connectivity index (χ2n) is 4.59. The number of aliphatic hydroxyl groups is 1. The van der Waals surface area contributed by atoms with Crippen LogP contribution in [0.2, 0.25) is 0 Å². The molecule has 0 spiro atoms. The number of benzene rings is 1. The van der Waals surface area contributed by atoms with Gasteiger partial charge in [0, 0.05) is 26.3 Å². The number of likely N-dealkylation sites (N-methyl/N-ethyl adjacent to an activating group) is 1. The molecule has 1 atom stereocenters. The van der Waals surface area contributed by atoms with E-state index < -0.39 is 6.10 Å². The quantitative estimate of drug-likeness (QED) is 0.780. The number of carbonyl (C=O) groups is 1. The Balaban J connectivity index is 2.82. The van der Waals surface area contributed by atoms with Crippen LogP contribution in [0.1, 0.15) is 17.3 Å². The topological polar surface area (TPSA) is 68.2 Å². The molecule has 0 aliphatic heterocycles. The summed E-state index contributed by atoms with van der Waals surface area (Å²) in [6.07, 6.45) is -0.714. The van der Waals surface area contributed by atoms with Gasteiger partial charge in [0.2, 0.25) is 0 Å². The Hall–Kier alpha value is -1.79. The SMILES string of the molecule is CCOc1ccc(C(=O)N(C)CC(O)COC)cc1OC. The minimum Gasteiger partial charge on any atom is -0.493 e. The molecule has 1 aromatic rings. The summed E-state index contributed by atoms with van der Waals surface area (Å²) in [6.45, 7) is 2.78.